The molecule has 0 radical (unpaired) electrons. The van der Waals surface area contributed by atoms with Crippen molar-refractivity contribution in [1.29, 1.82) is 0 Å². The lowest BCUT2D eigenvalue weighted by molar-refractivity contribution is 0.352. The normalized spacial score (nSPS) is 25.9. The zero-order valence-electron chi connectivity index (χ0n) is 12.9. The monoisotopic (exact) mass is 308 g/mol. The average Bonchev–Trinajstić information content (AvgIpc) is 2.93. The van der Waals surface area contributed by atoms with Gasteiger partial charge in [0.15, 0.2) is 0 Å². The largest absolute Gasteiger partial charge is 0.325 e. The van der Waals surface area contributed by atoms with E-state index >= 15 is 0 Å². The molecule has 0 saturated heterocycles. The predicted molar refractivity (Wildman–Crippen MR) is 85.5 cm³/mol. The van der Waals surface area contributed by atoms with Gasteiger partial charge in [0.2, 0.25) is 0 Å². The third-order valence-corrected chi connectivity index (χ3v) is 5.30. The van der Waals surface area contributed by atoms with Gasteiger partial charge < -0.3 is 4.57 Å². The number of imidazole rings is 1. The number of rotatable bonds is 3. The Kier molecular flexibility index (Phi) is 3.96. The fourth-order valence-electron chi connectivity index (χ4n) is 3.60. The topological polar surface area (TPSA) is 17.8 Å². The van der Waals surface area contributed by atoms with Crippen molar-refractivity contribution in [3.63, 3.8) is 0 Å². The number of alkyl halides is 1. The van der Waals surface area contributed by atoms with E-state index in [2.05, 4.69) is 23.4 Å². The van der Waals surface area contributed by atoms with Gasteiger partial charge in [-0.05, 0) is 43.2 Å². The van der Waals surface area contributed by atoms with Crippen LogP contribution in [0.15, 0.2) is 12.1 Å². The molecule has 1 fully saturated rings. The highest BCUT2D eigenvalue weighted by molar-refractivity contribution is 6.17. The van der Waals surface area contributed by atoms with Crippen molar-refractivity contribution in [1.82, 2.24) is 9.55 Å². The first kappa shape index (κ1) is 14.8. The van der Waals surface area contributed by atoms with Gasteiger partial charge in [-0.25, -0.2) is 9.37 Å². The van der Waals surface area contributed by atoms with Crippen LogP contribution in [0.4, 0.5) is 4.39 Å². The third kappa shape index (κ3) is 2.46. The van der Waals surface area contributed by atoms with Gasteiger partial charge in [-0.15, -0.1) is 11.6 Å². The van der Waals surface area contributed by atoms with E-state index in [1.54, 1.807) is 6.07 Å². The zero-order chi connectivity index (χ0) is 15.1. The summed E-state index contributed by atoms with van der Waals surface area (Å²) in [5.74, 6) is 2.69. The molecule has 0 aliphatic heterocycles. The molecule has 0 spiro atoms. The summed E-state index contributed by atoms with van der Waals surface area (Å²) in [7, 11) is 0. The van der Waals surface area contributed by atoms with E-state index in [1.165, 1.54) is 12.8 Å². The van der Waals surface area contributed by atoms with Crippen LogP contribution in [0.5, 0.6) is 0 Å². The van der Waals surface area contributed by atoms with Crippen molar-refractivity contribution >= 4 is 22.6 Å². The summed E-state index contributed by atoms with van der Waals surface area (Å²) >= 11 is 5.94. The van der Waals surface area contributed by atoms with E-state index in [0.717, 1.165) is 29.2 Å². The van der Waals surface area contributed by atoms with Crippen molar-refractivity contribution in [3.05, 3.63) is 29.3 Å². The fraction of sp³-hybridized carbons (Fsp3) is 0.588. The third-order valence-electron chi connectivity index (χ3n) is 5.11. The molecular formula is C17H22ClFN2. The van der Waals surface area contributed by atoms with Gasteiger partial charge in [-0.1, -0.05) is 13.8 Å². The van der Waals surface area contributed by atoms with Crippen LogP contribution < -0.4 is 0 Å². The van der Waals surface area contributed by atoms with E-state index in [0.29, 0.717) is 23.4 Å². The Morgan fingerprint density at radius 2 is 2.10 bits per heavy atom. The molecule has 4 heteroatoms. The van der Waals surface area contributed by atoms with E-state index < -0.39 is 0 Å². The molecule has 3 rings (SSSR count). The van der Waals surface area contributed by atoms with E-state index in [-0.39, 0.29) is 5.82 Å². The quantitative estimate of drug-likeness (QED) is 0.739. The first-order valence-corrected chi connectivity index (χ1v) is 8.29. The van der Waals surface area contributed by atoms with Crippen molar-refractivity contribution in [2.45, 2.75) is 46.1 Å². The van der Waals surface area contributed by atoms with Gasteiger partial charge in [0, 0.05) is 24.4 Å². The molecule has 2 aromatic rings. The molecule has 1 aromatic heterocycles. The molecule has 114 valence electrons. The number of halogens is 2. The Bertz CT molecular complexity index is 664. The Morgan fingerprint density at radius 3 is 2.71 bits per heavy atom. The maximum Gasteiger partial charge on any atom is 0.128 e. The van der Waals surface area contributed by atoms with Crippen LogP contribution in [0.3, 0.4) is 0 Å². The standard InChI is InChI=1S/C17H22ClFN2/c1-10-4-5-15(12(10)3)21-16-8-11(2)13(19)9-14(16)20-17(21)6-7-18/h8-10,12,15H,4-7H2,1-3H3. The number of fused-ring (bicyclic) bond motifs is 1. The van der Waals surface area contributed by atoms with Crippen LogP contribution in [0.1, 0.15) is 44.1 Å². The Morgan fingerprint density at radius 1 is 1.33 bits per heavy atom. The molecule has 3 unspecified atom stereocenters. The lowest BCUT2D eigenvalue weighted by Gasteiger charge is -2.23. The minimum atomic E-state index is -0.183. The molecule has 1 aliphatic rings. The first-order valence-electron chi connectivity index (χ1n) is 7.75. The first-order chi connectivity index (χ1) is 10.0. The average molecular weight is 309 g/mol. The summed E-state index contributed by atoms with van der Waals surface area (Å²) in [5.41, 5.74) is 2.49. The molecule has 3 atom stereocenters. The van der Waals surface area contributed by atoms with Gasteiger partial charge >= 0.3 is 0 Å². The van der Waals surface area contributed by atoms with E-state index in [1.807, 2.05) is 13.0 Å². The maximum atomic E-state index is 13.8. The number of aromatic nitrogens is 2. The van der Waals surface area contributed by atoms with E-state index in [9.17, 15) is 4.39 Å². The molecule has 2 nitrogen and oxygen atoms in total. The molecule has 0 amide bonds. The van der Waals surface area contributed by atoms with Gasteiger partial charge in [0.25, 0.3) is 0 Å². The second-order valence-electron chi connectivity index (χ2n) is 6.41. The number of nitrogens with zero attached hydrogens (tertiary/aromatic N) is 2. The zero-order valence-corrected chi connectivity index (χ0v) is 13.6. The molecule has 0 bridgehead atoms. The van der Waals surface area contributed by atoms with Gasteiger partial charge in [-0.2, -0.15) is 0 Å². The summed E-state index contributed by atoms with van der Waals surface area (Å²) in [6.45, 7) is 6.44. The van der Waals surface area contributed by atoms with Crippen molar-refractivity contribution in [2.24, 2.45) is 11.8 Å². The fourth-order valence-corrected chi connectivity index (χ4v) is 3.77. The van der Waals surface area contributed by atoms with Gasteiger partial charge in [0.1, 0.15) is 11.6 Å². The molecule has 1 saturated carbocycles. The molecular weight excluding hydrogens is 287 g/mol. The summed E-state index contributed by atoms with van der Waals surface area (Å²) < 4.78 is 16.1. The SMILES string of the molecule is Cc1cc2c(cc1F)nc(CCCl)n2C1CCC(C)C1C. The Balaban J connectivity index is 2.18. The summed E-state index contributed by atoms with van der Waals surface area (Å²) in [4.78, 5) is 4.65. The summed E-state index contributed by atoms with van der Waals surface area (Å²) in [6.07, 6.45) is 3.14. The number of benzene rings is 1. The van der Waals surface area contributed by atoms with Gasteiger partial charge in [-0.3, -0.25) is 0 Å². The smallest absolute Gasteiger partial charge is 0.128 e. The van der Waals surface area contributed by atoms with E-state index in [4.69, 9.17) is 11.6 Å². The van der Waals surface area contributed by atoms with Crippen LogP contribution in [-0.2, 0) is 6.42 Å². The van der Waals surface area contributed by atoms with Crippen LogP contribution >= 0.6 is 11.6 Å². The van der Waals surface area contributed by atoms with Crippen molar-refractivity contribution in [3.8, 4) is 0 Å². The molecule has 1 heterocycles. The molecule has 0 N–H and O–H groups in total. The summed E-state index contributed by atoms with van der Waals surface area (Å²) in [6, 6.07) is 3.95. The highest BCUT2D eigenvalue weighted by Gasteiger charge is 2.33. The second kappa shape index (κ2) is 5.60. The number of hydrogen-bond donors (Lipinski definition) is 0. The highest BCUT2D eigenvalue weighted by Crippen LogP contribution is 2.42. The number of hydrogen-bond acceptors (Lipinski definition) is 1. The van der Waals surface area contributed by atoms with Crippen LogP contribution in [-0.4, -0.2) is 15.4 Å². The summed E-state index contributed by atoms with van der Waals surface area (Å²) in [5, 5.41) is 0. The molecule has 1 aromatic carbocycles. The minimum absolute atomic E-state index is 0.183. The maximum absolute atomic E-state index is 13.8. The van der Waals surface area contributed by atoms with Crippen LogP contribution in [0, 0.1) is 24.6 Å². The minimum Gasteiger partial charge on any atom is -0.325 e. The molecule has 21 heavy (non-hydrogen) atoms. The Hall–Kier alpha value is -1.09. The highest BCUT2D eigenvalue weighted by atomic mass is 35.5. The molecule has 1 aliphatic carbocycles. The lowest BCUT2D eigenvalue weighted by atomic mass is 9.97. The van der Waals surface area contributed by atoms with Crippen molar-refractivity contribution < 1.29 is 4.39 Å². The predicted octanol–water partition coefficient (Wildman–Crippen LogP) is 4.87. The lowest BCUT2D eigenvalue weighted by Crippen LogP contribution is -2.17. The van der Waals surface area contributed by atoms with Crippen LogP contribution in [0.25, 0.3) is 11.0 Å². The van der Waals surface area contributed by atoms with Crippen LogP contribution in [0.2, 0.25) is 0 Å². The number of aryl methyl sites for hydroxylation is 2. The Labute approximate surface area is 130 Å². The van der Waals surface area contributed by atoms with Gasteiger partial charge in [0.05, 0.1) is 11.0 Å². The van der Waals surface area contributed by atoms with Crippen molar-refractivity contribution in [2.75, 3.05) is 5.88 Å². The second-order valence-corrected chi connectivity index (χ2v) is 6.79.